The van der Waals surface area contributed by atoms with E-state index in [1.165, 1.54) is 0 Å². The molecule has 1 aromatic heterocycles. The summed E-state index contributed by atoms with van der Waals surface area (Å²) in [4.78, 5) is 9.30. The van der Waals surface area contributed by atoms with Gasteiger partial charge >= 0.3 is 0 Å². The minimum Gasteiger partial charge on any atom is -0.496 e. The molecule has 1 aromatic carbocycles. The molecular formula is C16H21N3O. The second-order valence-corrected chi connectivity index (χ2v) is 5.01. The van der Waals surface area contributed by atoms with Crippen LogP contribution < -0.4 is 10.1 Å². The Morgan fingerprint density at radius 3 is 2.45 bits per heavy atom. The molecule has 2 aromatic rings. The molecule has 0 spiro atoms. The molecular weight excluding hydrogens is 250 g/mol. The average molecular weight is 271 g/mol. The Labute approximate surface area is 120 Å². The first-order chi connectivity index (χ1) is 9.58. The van der Waals surface area contributed by atoms with Crippen molar-refractivity contribution in [2.75, 3.05) is 19.5 Å². The van der Waals surface area contributed by atoms with Crippen LogP contribution in [0.3, 0.4) is 0 Å². The number of methoxy groups -OCH3 is 1. The maximum Gasteiger partial charge on any atom is 0.133 e. The third-order valence-corrected chi connectivity index (χ3v) is 3.28. The average Bonchev–Trinajstić information content (AvgIpc) is 2.47. The van der Waals surface area contributed by atoms with Gasteiger partial charge in [0.2, 0.25) is 0 Å². The van der Waals surface area contributed by atoms with E-state index in [1.54, 1.807) is 7.11 Å². The van der Waals surface area contributed by atoms with E-state index in [2.05, 4.69) is 24.1 Å². The Morgan fingerprint density at radius 2 is 1.85 bits per heavy atom. The van der Waals surface area contributed by atoms with Crippen LogP contribution in [-0.2, 0) is 0 Å². The lowest BCUT2D eigenvalue weighted by Crippen LogP contribution is -2.07. The number of ether oxygens (including phenoxy) is 1. The van der Waals surface area contributed by atoms with Crippen molar-refractivity contribution in [3.63, 3.8) is 0 Å². The van der Waals surface area contributed by atoms with E-state index >= 15 is 0 Å². The molecule has 0 aliphatic rings. The predicted octanol–water partition coefficient (Wildman–Crippen LogP) is 3.63. The highest BCUT2D eigenvalue weighted by Crippen LogP contribution is 2.33. The number of nitrogens with one attached hydrogen (secondary N) is 1. The molecule has 20 heavy (non-hydrogen) atoms. The van der Waals surface area contributed by atoms with E-state index in [1.807, 2.05) is 38.2 Å². The van der Waals surface area contributed by atoms with Crippen LogP contribution in [0.15, 0.2) is 24.3 Å². The van der Waals surface area contributed by atoms with E-state index in [0.717, 1.165) is 34.2 Å². The fraction of sp³-hybridized carbons (Fsp3) is 0.375. The van der Waals surface area contributed by atoms with Crippen LogP contribution in [0.5, 0.6) is 5.75 Å². The molecule has 0 bridgehead atoms. The second kappa shape index (κ2) is 5.90. The standard InChI is InChI=1S/C16H21N3O/c1-10(2)15-18-14(11(3)16(17-4)19-15)12-8-6-7-9-13(12)20-5/h6-10H,1-5H3,(H,17,18,19). The first kappa shape index (κ1) is 14.3. The van der Waals surface area contributed by atoms with Crippen molar-refractivity contribution < 1.29 is 4.74 Å². The van der Waals surface area contributed by atoms with Gasteiger partial charge in [-0.15, -0.1) is 0 Å². The summed E-state index contributed by atoms with van der Waals surface area (Å²) in [5.41, 5.74) is 2.94. The summed E-state index contributed by atoms with van der Waals surface area (Å²) >= 11 is 0. The van der Waals surface area contributed by atoms with Crippen molar-refractivity contribution in [2.45, 2.75) is 26.7 Å². The molecule has 106 valence electrons. The zero-order valence-corrected chi connectivity index (χ0v) is 12.7. The molecule has 0 fully saturated rings. The largest absolute Gasteiger partial charge is 0.496 e. The van der Waals surface area contributed by atoms with E-state index in [0.29, 0.717) is 0 Å². The number of hydrogen-bond acceptors (Lipinski definition) is 4. The molecule has 0 aliphatic heterocycles. The molecule has 0 atom stereocenters. The maximum atomic E-state index is 5.45. The van der Waals surface area contributed by atoms with Gasteiger partial charge < -0.3 is 10.1 Å². The fourth-order valence-electron chi connectivity index (χ4n) is 2.14. The Balaban J connectivity index is 2.69. The zero-order valence-electron chi connectivity index (χ0n) is 12.7. The number of aromatic nitrogens is 2. The van der Waals surface area contributed by atoms with Crippen molar-refractivity contribution in [3.8, 4) is 17.0 Å². The Bertz CT molecular complexity index is 609. The number of hydrogen-bond donors (Lipinski definition) is 1. The fourth-order valence-corrected chi connectivity index (χ4v) is 2.14. The number of benzene rings is 1. The smallest absolute Gasteiger partial charge is 0.133 e. The summed E-state index contributed by atoms with van der Waals surface area (Å²) in [6.07, 6.45) is 0. The van der Waals surface area contributed by atoms with Crippen LogP contribution in [0.25, 0.3) is 11.3 Å². The van der Waals surface area contributed by atoms with E-state index in [-0.39, 0.29) is 5.92 Å². The highest BCUT2D eigenvalue weighted by molar-refractivity contribution is 5.73. The lowest BCUT2D eigenvalue weighted by Gasteiger charge is -2.15. The van der Waals surface area contributed by atoms with Crippen LogP contribution in [0.4, 0.5) is 5.82 Å². The van der Waals surface area contributed by atoms with Gasteiger partial charge in [-0.1, -0.05) is 26.0 Å². The molecule has 0 saturated carbocycles. The number of para-hydroxylation sites is 1. The van der Waals surface area contributed by atoms with Gasteiger partial charge in [0.25, 0.3) is 0 Å². The molecule has 0 radical (unpaired) electrons. The van der Waals surface area contributed by atoms with Crippen LogP contribution >= 0.6 is 0 Å². The van der Waals surface area contributed by atoms with Gasteiger partial charge in [-0.2, -0.15) is 0 Å². The van der Waals surface area contributed by atoms with Crippen LogP contribution in [0.1, 0.15) is 31.2 Å². The Kier molecular flexibility index (Phi) is 4.23. The first-order valence-corrected chi connectivity index (χ1v) is 6.78. The van der Waals surface area contributed by atoms with E-state index < -0.39 is 0 Å². The van der Waals surface area contributed by atoms with Crippen LogP contribution in [0.2, 0.25) is 0 Å². The lowest BCUT2D eigenvalue weighted by molar-refractivity contribution is 0.416. The molecule has 2 rings (SSSR count). The van der Waals surface area contributed by atoms with E-state index in [4.69, 9.17) is 9.72 Å². The molecule has 0 aliphatic carbocycles. The molecule has 4 nitrogen and oxygen atoms in total. The van der Waals surface area contributed by atoms with Crippen molar-refractivity contribution in [1.82, 2.24) is 9.97 Å². The summed E-state index contributed by atoms with van der Waals surface area (Å²) in [5, 5.41) is 3.15. The van der Waals surface area contributed by atoms with Gasteiger partial charge in [0.1, 0.15) is 17.4 Å². The van der Waals surface area contributed by atoms with Gasteiger partial charge in [0, 0.05) is 24.1 Å². The molecule has 4 heteroatoms. The minimum atomic E-state index is 0.274. The number of rotatable bonds is 4. The monoisotopic (exact) mass is 271 g/mol. The van der Waals surface area contributed by atoms with Gasteiger partial charge in [0.15, 0.2) is 0 Å². The van der Waals surface area contributed by atoms with Gasteiger partial charge in [-0.05, 0) is 19.1 Å². The predicted molar refractivity (Wildman–Crippen MR) is 82.4 cm³/mol. The summed E-state index contributed by atoms with van der Waals surface area (Å²) in [6.45, 7) is 6.21. The number of anilines is 1. The summed E-state index contributed by atoms with van der Waals surface area (Å²) < 4.78 is 5.45. The van der Waals surface area contributed by atoms with Crippen molar-refractivity contribution in [2.24, 2.45) is 0 Å². The highest BCUT2D eigenvalue weighted by Gasteiger charge is 2.16. The van der Waals surface area contributed by atoms with Crippen molar-refractivity contribution in [3.05, 3.63) is 35.7 Å². The summed E-state index contributed by atoms with van der Waals surface area (Å²) in [6, 6.07) is 7.93. The third kappa shape index (κ3) is 2.59. The third-order valence-electron chi connectivity index (χ3n) is 3.28. The zero-order chi connectivity index (χ0) is 14.7. The topological polar surface area (TPSA) is 47.0 Å². The first-order valence-electron chi connectivity index (χ1n) is 6.78. The molecule has 1 heterocycles. The van der Waals surface area contributed by atoms with E-state index in [9.17, 15) is 0 Å². The summed E-state index contributed by atoms with van der Waals surface area (Å²) in [5.74, 6) is 2.80. The maximum absolute atomic E-state index is 5.45. The molecule has 0 amide bonds. The Hall–Kier alpha value is -2.10. The Morgan fingerprint density at radius 1 is 1.15 bits per heavy atom. The van der Waals surface area contributed by atoms with Gasteiger partial charge in [-0.25, -0.2) is 9.97 Å². The second-order valence-electron chi connectivity index (χ2n) is 5.01. The summed E-state index contributed by atoms with van der Waals surface area (Å²) in [7, 11) is 3.56. The van der Waals surface area contributed by atoms with Crippen LogP contribution in [0, 0.1) is 6.92 Å². The number of nitrogens with zero attached hydrogens (tertiary/aromatic N) is 2. The SMILES string of the molecule is CNc1nc(C(C)C)nc(-c2ccccc2OC)c1C. The molecule has 0 saturated heterocycles. The van der Waals surface area contributed by atoms with Crippen molar-refractivity contribution >= 4 is 5.82 Å². The minimum absolute atomic E-state index is 0.274. The normalized spacial score (nSPS) is 10.7. The van der Waals surface area contributed by atoms with Gasteiger partial charge in [-0.3, -0.25) is 0 Å². The molecule has 0 unspecified atom stereocenters. The molecule has 1 N–H and O–H groups in total. The lowest BCUT2D eigenvalue weighted by atomic mass is 10.0. The quantitative estimate of drug-likeness (QED) is 0.922. The van der Waals surface area contributed by atoms with Crippen LogP contribution in [-0.4, -0.2) is 24.1 Å². The van der Waals surface area contributed by atoms with Gasteiger partial charge in [0.05, 0.1) is 12.8 Å². The highest BCUT2D eigenvalue weighted by atomic mass is 16.5. The van der Waals surface area contributed by atoms with Crippen molar-refractivity contribution in [1.29, 1.82) is 0 Å².